The number of hydrogen-bond acceptors (Lipinski definition) is 4. The van der Waals surface area contributed by atoms with Crippen molar-refractivity contribution in [2.24, 2.45) is 0 Å². The first-order valence-electron chi connectivity index (χ1n) is 5.48. The first-order chi connectivity index (χ1) is 8.59. The van der Waals surface area contributed by atoms with Crippen molar-refractivity contribution < 1.29 is 14.6 Å². The van der Waals surface area contributed by atoms with Gasteiger partial charge in [0, 0.05) is 6.20 Å². The lowest BCUT2D eigenvalue weighted by atomic mass is 10.4. The fraction of sp³-hybridized carbons (Fsp3) is 0.364. The lowest BCUT2D eigenvalue weighted by molar-refractivity contribution is -0.149. The number of carbonyl (C=O) groups is 1. The van der Waals surface area contributed by atoms with Crippen LogP contribution < -0.4 is 5.69 Å². The quantitative estimate of drug-likeness (QED) is 0.807. The number of carboxylic acid groups (broad SMARTS) is 1. The molecule has 7 nitrogen and oxygen atoms in total. The van der Waals surface area contributed by atoms with E-state index in [2.05, 4.69) is 5.10 Å². The van der Waals surface area contributed by atoms with Crippen LogP contribution in [0.1, 0.15) is 6.92 Å². The van der Waals surface area contributed by atoms with E-state index in [1.807, 2.05) is 0 Å². The predicted octanol–water partition coefficient (Wildman–Crippen LogP) is -0.0143. The van der Waals surface area contributed by atoms with Gasteiger partial charge in [0.15, 0.2) is 11.8 Å². The molecule has 0 amide bonds. The Morgan fingerprint density at radius 3 is 3.00 bits per heavy atom. The van der Waals surface area contributed by atoms with Crippen LogP contribution in [0.25, 0.3) is 5.65 Å². The number of rotatable bonds is 5. The van der Waals surface area contributed by atoms with Gasteiger partial charge < -0.3 is 9.84 Å². The van der Waals surface area contributed by atoms with Crippen molar-refractivity contribution in [3.05, 3.63) is 34.9 Å². The Labute approximate surface area is 102 Å². The van der Waals surface area contributed by atoms with Gasteiger partial charge in [-0.25, -0.2) is 14.3 Å². The summed E-state index contributed by atoms with van der Waals surface area (Å²) < 4.78 is 7.72. The molecule has 2 heterocycles. The summed E-state index contributed by atoms with van der Waals surface area (Å²) in [4.78, 5) is 22.4. The summed E-state index contributed by atoms with van der Waals surface area (Å²) in [5, 5.41) is 12.7. The first kappa shape index (κ1) is 12.3. The molecule has 18 heavy (non-hydrogen) atoms. The van der Waals surface area contributed by atoms with E-state index in [4.69, 9.17) is 9.84 Å². The lowest BCUT2D eigenvalue weighted by Crippen LogP contribution is -2.26. The normalized spacial score (nSPS) is 12.7. The van der Waals surface area contributed by atoms with E-state index in [9.17, 15) is 9.59 Å². The molecule has 0 spiro atoms. The number of hydrogen-bond donors (Lipinski definition) is 1. The molecule has 1 atom stereocenters. The molecule has 1 N–H and O–H groups in total. The molecule has 0 radical (unpaired) electrons. The number of pyridine rings is 1. The van der Waals surface area contributed by atoms with E-state index in [0.717, 1.165) is 0 Å². The van der Waals surface area contributed by atoms with Crippen molar-refractivity contribution in [2.75, 3.05) is 6.61 Å². The summed E-state index contributed by atoms with van der Waals surface area (Å²) in [6.45, 7) is 1.78. The van der Waals surface area contributed by atoms with E-state index < -0.39 is 12.1 Å². The van der Waals surface area contributed by atoms with Crippen molar-refractivity contribution in [3.8, 4) is 0 Å². The van der Waals surface area contributed by atoms with Gasteiger partial charge in [-0.05, 0) is 19.1 Å². The third kappa shape index (κ3) is 2.40. The molecule has 0 aliphatic rings. The molecule has 0 bridgehead atoms. The highest BCUT2D eigenvalue weighted by molar-refractivity contribution is 5.71. The SMILES string of the molecule is C[C@@H](OCCn1nc2ccccn2c1=O)C(=O)O. The Kier molecular flexibility index (Phi) is 3.42. The fourth-order valence-corrected chi connectivity index (χ4v) is 1.50. The molecule has 0 aromatic carbocycles. The number of ether oxygens (including phenoxy) is 1. The zero-order valence-electron chi connectivity index (χ0n) is 9.81. The summed E-state index contributed by atoms with van der Waals surface area (Å²) in [5.41, 5.74) is 0.283. The standard InChI is InChI=1S/C11H13N3O4/c1-8(10(15)16)18-7-6-14-11(17)13-5-3-2-4-9(13)12-14/h2-5,8H,6-7H2,1H3,(H,15,16)/t8-/m1/s1. The largest absolute Gasteiger partial charge is 0.479 e. The van der Waals surface area contributed by atoms with Crippen LogP contribution in [0.2, 0.25) is 0 Å². The number of aliphatic carboxylic acids is 1. The van der Waals surface area contributed by atoms with Crippen LogP contribution in [0.3, 0.4) is 0 Å². The smallest absolute Gasteiger partial charge is 0.350 e. The van der Waals surface area contributed by atoms with E-state index in [0.29, 0.717) is 5.65 Å². The molecule has 0 aliphatic heterocycles. The highest BCUT2D eigenvalue weighted by atomic mass is 16.5. The maximum Gasteiger partial charge on any atom is 0.350 e. The molecule has 2 rings (SSSR count). The van der Waals surface area contributed by atoms with Crippen molar-refractivity contribution in [1.82, 2.24) is 14.2 Å². The Morgan fingerprint density at radius 2 is 2.33 bits per heavy atom. The van der Waals surface area contributed by atoms with Gasteiger partial charge >= 0.3 is 11.7 Å². The molecule has 0 aliphatic carbocycles. The third-order valence-electron chi connectivity index (χ3n) is 2.51. The summed E-state index contributed by atoms with van der Waals surface area (Å²) in [7, 11) is 0. The van der Waals surface area contributed by atoms with Crippen molar-refractivity contribution in [2.45, 2.75) is 19.6 Å². The van der Waals surface area contributed by atoms with E-state index in [1.165, 1.54) is 16.0 Å². The second-order valence-electron chi connectivity index (χ2n) is 3.79. The van der Waals surface area contributed by atoms with Gasteiger partial charge in [-0.15, -0.1) is 5.10 Å². The number of nitrogens with zero attached hydrogens (tertiary/aromatic N) is 3. The number of fused-ring (bicyclic) bond motifs is 1. The molecular weight excluding hydrogens is 238 g/mol. The molecule has 0 saturated carbocycles. The van der Waals surface area contributed by atoms with Crippen molar-refractivity contribution >= 4 is 11.6 Å². The van der Waals surface area contributed by atoms with Gasteiger partial charge in [0.2, 0.25) is 0 Å². The minimum atomic E-state index is -1.03. The monoisotopic (exact) mass is 251 g/mol. The highest BCUT2D eigenvalue weighted by Crippen LogP contribution is 1.96. The summed E-state index contributed by atoms with van der Waals surface area (Å²) in [5.74, 6) is -1.03. The van der Waals surface area contributed by atoms with Crippen molar-refractivity contribution in [3.63, 3.8) is 0 Å². The number of carboxylic acids is 1. The zero-order chi connectivity index (χ0) is 13.1. The molecule has 96 valence electrons. The van der Waals surface area contributed by atoms with Crippen molar-refractivity contribution in [1.29, 1.82) is 0 Å². The topological polar surface area (TPSA) is 85.8 Å². The number of aromatic nitrogens is 3. The van der Waals surface area contributed by atoms with Gasteiger partial charge in [-0.2, -0.15) is 0 Å². The first-order valence-corrected chi connectivity index (χ1v) is 5.48. The third-order valence-corrected chi connectivity index (χ3v) is 2.51. The summed E-state index contributed by atoms with van der Waals surface area (Å²) >= 11 is 0. The van der Waals surface area contributed by atoms with Gasteiger partial charge in [0.05, 0.1) is 13.2 Å². The lowest BCUT2D eigenvalue weighted by Gasteiger charge is -2.07. The molecule has 2 aromatic heterocycles. The summed E-state index contributed by atoms with van der Waals surface area (Å²) in [6, 6.07) is 5.25. The summed E-state index contributed by atoms with van der Waals surface area (Å²) in [6.07, 6.45) is 0.736. The zero-order valence-corrected chi connectivity index (χ0v) is 9.81. The van der Waals surface area contributed by atoms with E-state index >= 15 is 0 Å². The molecule has 2 aromatic rings. The maximum atomic E-state index is 11.8. The van der Waals surface area contributed by atoms with Crippen LogP contribution in [0.15, 0.2) is 29.2 Å². The Bertz CT molecular complexity index is 616. The van der Waals surface area contributed by atoms with Gasteiger partial charge in [-0.3, -0.25) is 4.40 Å². The van der Waals surface area contributed by atoms with Crippen LogP contribution in [0.5, 0.6) is 0 Å². The average molecular weight is 251 g/mol. The second-order valence-corrected chi connectivity index (χ2v) is 3.79. The molecule has 7 heteroatoms. The second kappa shape index (κ2) is 5.01. The Morgan fingerprint density at radius 1 is 1.56 bits per heavy atom. The van der Waals surface area contributed by atoms with Gasteiger partial charge in [-0.1, -0.05) is 6.07 Å². The maximum absolute atomic E-state index is 11.8. The fourth-order valence-electron chi connectivity index (χ4n) is 1.50. The van der Waals surface area contributed by atoms with E-state index in [-0.39, 0.29) is 18.8 Å². The van der Waals surface area contributed by atoms with Crippen LogP contribution in [0, 0.1) is 0 Å². The van der Waals surface area contributed by atoms with Crippen LogP contribution in [-0.2, 0) is 16.1 Å². The highest BCUT2D eigenvalue weighted by Gasteiger charge is 2.11. The average Bonchev–Trinajstić information content (AvgIpc) is 2.67. The molecule has 0 fully saturated rings. The Hall–Kier alpha value is -2.15. The van der Waals surface area contributed by atoms with Crippen LogP contribution in [-0.4, -0.2) is 38.0 Å². The molecular formula is C11H13N3O4. The van der Waals surface area contributed by atoms with Gasteiger partial charge in [0.1, 0.15) is 0 Å². The Balaban J connectivity index is 2.06. The molecule has 0 saturated heterocycles. The van der Waals surface area contributed by atoms with Crippen LogP contribution in [0.4, 0.5) is 0 Å². The minimum absolute atomic E-state index is 0.122. The minimum Gasteiger partial charge on any atom is -0.479 e. The van der Waals surface area contributed by atoms with Crippen LogP contribution >= 0.6 is 0 Å². The van der Waals surface area contributed by atoms with E-state index in [1.54, 1.807) is 24.4 Å². The predicted molar refractivity (Wildman–Crippen MR) is 62.5 cm³/mol. The van der Waals surface area contributed by atoms with Gasteiger partial charge in [0.25, 0.3) is 0 Å². The molecule has 0 unspecified atom stereocenters.